The largest absolute Gasteiger partial charge is 0.309 e. The van der Waals surface area contributed by atoms with Gasteiger partial charge in [0.15, 0.2) is 5.82 Å². The minimum atomic E-state index is 0.707. The number of fused-ring (bicyclic) bond motifs is 9. The Morgan fingerprint density at radius 2 is 0.754 bits per heavy atom. The average Bonchev–Trinajstić information content (AvgIpc) is 3.68. The van der Waals surface area contributed by atoms with Crippen molar-refractivity contribution in [2.45, 2.75) is 0 Å². The summed E-state index contributed by atoms with van der Waals surface area (Å²) in [6, 6.07) is 80.5. The van der Waals surface area contributed by atoms with Crippen LogP contribution in [0.25, 0.3) is 116 Å². The maximum Gasteiger partial charge on any atom is 0.161 e. The van der Waals surface area contributed by atoms with E-state index in [4.69, 9.17) is 9.97 Å². The molecule has 0 radical (unpaired) electrons. The van der Waals surface area contributed by atoms with Gasteiger partial charge in [-0.3, -0.25) is 0 Å². The van der Waals surface area contributed by atoms with E-state index in [9.17, 15) is 0 Å². The van der Waals surface area contributed by atoms with Crippen molar-refractivity contribution in [2.75, 3.05) is 0 Å². The number of nitrogens with zero attached hydrogens (tertiary/aromatic N) is 3. The van der Waals surface area contributed by atoms with E-state index in [1.807, 2.05) is 12.1 Å². The zero-order valence-electron chi connectivity index (χ0n) is 33.2. The van der Waals surface area contributed by atoms with Gasteiger partial charge in [-0.15, -0.1) is 0 Å². The van der Waals surface area contributed by atoms with Crippen molar-refractivity contribution in [2.24, 2.45) is 0 Å². The van der Waals surface area contributed by atoms with Crippen molar-refractivity contribution in [3.63, 3.8) is 0 Å². The highest BCUT2D eigenvalue weighted by Gasteiger charge is 2.19. The van der Waals surface area contributed by atoms with Crippen molar-refractivity contribution in [1.82, 2.24) is 14.5 Å². The Morgan fingerprint density at radius 1 is 0.279 bits per heavy atom. The molecule has 0 saturated heterocycles. The summed E-state index contributed by atoms with van der Waals surface area (Å²) in [5, 5.41) is 9.63. The van der Waals surface area contributed by atoms with Gasteiger partial charge in [-0.25, -0.2) is 9.97 Å². The summed E-state index contributed by atoms with van der Waals surface area (Å²) < 4.78 is 2.39. The van der Waals surface area contributed by atoms with Crippen LogP contribution in [0, 0.1) is 0 Å². The third-order valence-electron chi connectivity index (χ3n) is 12.2. The van der Waals surface area contributed by atoms with Gasteiger partial charge >= 0.3 is 0 Å². The monoisotopic (exact) mass is 775 g/mol. The second kappa shape index (κ2) is 14.3. The Balaban J connectivity index is 1.06. The molecule has 10 aromatic carbocycles. The highest BCUT2D eigenvalue weighted by Crippen LogP contribution is 2.43. The molecule has 2 heterocycles. The van der Waals surface area contributed by atoms with Crippen molar-refractivity contribution in [3.05, 3.63) is 224 Å². The minimum absolute atomic E-state index is 0.707. The Morgan fingerprint density at radius 3 is 1.43 bits per heavy atom. The van der Waals surface area contributed by atoms with E-state index in [-0.39, 0.29) is 0 Å². The highest BCUT2D eigenvalue weighted by atomic mass is 15.0. The van der Waals surface area contributed by atoms with E-state index >= 15 is 0 Å². The van der Waals surface area contributed by atoms with Gasteiger partial charge in [-0.2, -0.15) is 0 Å². The SMILES string of the molecule is c1ccc(-c2ccc(-n3c4ccccc4c4cc(-c5ccc6c7ccccc7c7cccc(-c8nc(-c9ccccc9)cc(-c9ccccc9)n8)c7c6c5)ccc43)cc2)cc1. The van der Waals surface area contributed by atoms with E-state index in [0.717, 1.165) is 44.7 Å². The number of para-hydroxylation sites is 1. The lowest BCUT2D eigenvalue weighted by molar-refractivity contribution is 1.18. The maximum atomic E-state index is 5.31. The van der Waals surface area contributed by atoms with Crippen LogP contribution in [0.15, 0.2) is 224 Å². The number of hydrogen-bond donors (Lipinski definition) is 0. The first kappa shape index (κ1) is 34.9. The van der Waals surface area contributed by atoms with Gasteiger partial charge in [-0.05, 0) is 91.6 Å². The quantitative estimate of drug-likeness (QED) is 0.158. The molecule has 0 amide bonds. The molecule has 3 nitrogen and oxygen atoms in total. The van der Waals surface area contributed by atoms with Crippen molar-refractivity contribution in [1.29, 1.82) is 0 Å². The molecule has 12 aromatic rings. The predicted octanol–water partition coefficient (Wildman–Crippen LogP) is 15.4. The fourth-order valence-corrected chi connectivity index (χ4v) is 9.32. The fraction of sp³-hybridized carbons (Fsp3) is 0. The molecule has 0 spiro atoms. The zero-order valence-corrected chi connectivity index (χ0v) is 33.2. The smallest absolute Gasteiger partial charge is 0.161 e. The molecular formula is C58H37N3. The molecule has 0 saturated carbocycles. The van der Waals surface area contributed by atoms with Crippen LogP contribution in [-0.4, -0.2) is 14.5 Å². The third kappa shape index (κ3) is 5.90. The van der Waals surface area contributed by atoms with E-state index in [1.165, 1.54) is 65.4 Å². The summed E-state index contributed by atoms with van der Waals surface area (Å²) in [6.07, 6.45) is 0. The number of aromatic nitrogens is 3. The molecule has 0 bridgehead atoms. The lowest BCUT2D eigenvalue weighted by atomic mass is 9.89. The molecule has 12 rings (SSSR count). The summed E-state index contributed by atoms with van der Waals surface area (Å²) in [6.45, 7) is 0. The Kier molecular flexibility index (Phi) is 8.17. The molecule has 0 aliphatic rings. The van der Waals surface area contributed by atoms with Crippen LogP contribution >= 0.6 is 0 Å². The predicted molar refractivity (Wildman–Crippen MR) is 256 cm³/mol. The molecule has 0 aliphatic carbocycles. The van der Waals surface area contributed by atoms with Gasteiger partial charge in [-0.1, -0.05) is 182 Å². The number of rotatable bonds is 6. The molecule has 61 heavy (non-hydrogen) atoms. The second-order valence-corrected chi connectivity index (χ2v) is 15.7. The summed E-state index contributed by atoms with van der Waals surface area (Å²) in [5.74, 6) is 0.707. The Hall–Kier alpha value is -8.14. The van der Waals surface area contributed by atoms with Crippen molar-refractivity contribution in [3.8, 4) is 61.8 Å². The highest BCUT2D eigenvalue weighted by molar-refractivity contribution is 6.28. The molecule has 2 aromatic heterocycles. The fourth-order valence-electron chi connectivity index (χ4n) is 9.32. The van der Waals surface area contributed by atoms with Crippen LogP contribution < -0.4 is 0 Å². The minimum Gasteiger partial charge on any atom is -0.309 e. The van der Waals surface area contributed by atoms with Crippen LogP contribution in [0.2, 0.25) is 0 Å². The third-order valence-corrected chi connectivity index (χ3v) is 12.2. The van der Waals surface area contributed by atoms with Gasteiger partial charge in [0.25, 0.3) is 0 Å². The van der Waals surface area contributed by atoms with Crippen LogP contribution in [0.3, 0.4) is 0 Å². The summed E-state index contributed by atoms with van der Waals surface area (Å²) in [5.41, 5.74) is 13.2. The summed E-state index contributed by atoms with van der Waals surface area (Å²) >= 11 is 0. The lowest BCUT2D eigenvalue weighted by Gasteiger charge is -2.16. The number of benzene rings is 10. The van der Waals surface area contributed by atoms with Gasteiger partial charge in [0.05, 0.1) is 22.4 Å². The maximum absolute atomic E-state index is 5.31. The normalized spacial score (nSPS) is 11.6. The van der Waals surface area contributed by atoms with Crippen LogP contribution in [0.4, 0.5) is 0 Å². The molecule has 3 heteroatoms. The van der Waals surface area contributed by atoms with Crippen LogP contribution in [0.1, 0.15) is 0 Å². The molecule has 0 N–H and O–H groups in total. The van der Waals surface area contributed by atoms with Crippen LogP contribution in [0.5, 0.6) is 0 Å². The molecule has 0 unspecified atom stereocenters. The van der Waals surface area contributed by atoms with E-state index in [2.05, 4.69) is 217 Å². The van der Waals surface area contributed by atoms with Crippen molar-refractivity contribution < 1.29 is 0 Å². The number of hydrogen-bond acceptors (Lipinski definition) is 2. The Bertz CT molecular complexity index is 3550. The second-order valence-electron chi connectivity index (χ2n) is 15.7. The van der Waals surface area contributed by atoms with Gasteiger partial charge < -0.3 is 4.57 Å². The standard InChI is InChI=1S/C58H37N3/c1-4-15-38(16-5-1)39-27-31-44(32-28-39)61-55-26-13-12-23-48(55)51-35-43(30-34-56(51)61)42-29-33-47-45-21-10-11-22-46(45)49-24-14-25-50(57(49)52(47)36-42)58-59-53(40-17-6-2-7-18-40)37-54(60-58)41-19-8-3-9-20-41/h1-37H. The molecule has 0 fully saturated rings. The van der Waals surface area contributed by atoms with E-state index in [1.54, 1.807) is 0 Å². The average molecular weight is 776 g/mol. The summed E-state index contributed by atoms with van der Waals surface area (Å²) in [7, 11) is 0. The molecule has 0 atom stereocenters. The van der Waals surface area contributed by atoms with Crippen LogP contribution in [-0.2, 0) is 0 Å². The van der Waals surface area contributed by atoms with Crippen molar-refractivity contribution >= 4 is 54.1 Å². The molecule has 0 aliphatic heterocycles. The summed E-state index contributed by atoms with van der Waals surface area (Å²) in [4.78, 5) is 10.6. The molecule has 284 valence electrons. The first-order valence-corrected chi connectivity index (χ1v) is 20.8. The Labute approximate surface area is 353 Å². The zero-order chi connectivity index (χ0) is 40.3. The van der Waals surface area contributed by atoms with Gasteiger partial charge in [0, 0.05) is 38.5 Å². The molecular weight excluding hydrogens is 739 g/mol. The first-order valence-electron chi connectivity index (χ1n) is 20.8. The first-order chi connectivity index (χ1) is 30.2. The van der Waals surface area contributed by atoms with Gasteiger partial charge in [0.2, 0.25) is 0 Å². The van der Waals surface area contributed by atoms with E-state index in [0.29, 0.717) is 5.82 Å². The topological polar surface area (TPSA) is 30.7 Å². The lowest BCUT2D eigenvalue weighted by Crippen LogP contribution is -1.97. The van der Waals surface area contributed by atoms with Gasteiger partial charge in [0.1, 0.15) is 0 Å². The van der Waals surface area contributed by atoms with E-state index < -0.39 is 0 Å².